The predicted molar refractivity (Wildman–Crippen MR) is 65.4 cm³/mol. The third kappa shape index (κ3) is 3.82. The summed E-state index contributed by atoms with van der Waals surface area (Å²) in [5.41, 5.74) is -0.725. The van der Waals surface area contributed by atoms with Gasteiger partial charge in [0, 0.05) is 11.8 Å². The number of thioether (sulfide) groups is 1. The number of nitrogens with zero attached hydrogens (tertiary/aromatic N) is 3. The summed E-state index contributed by atoms with van der Waals surface area (Å²) in [6.07, 6.45) is -1.21. The number of halogens is 4. The van der Waals surface area contributed by atoms with E-state index in [9.17, 15) is 13.2 Å². The Labute approximate surface area is 111 Å². The minimum Gasteiger partial charge on any atom is -0.223 e. The Hall–Kier alpha value is -1.39. The van der Waals surface area contributed by atoms with Gasteiger partial charge in [-0.25, -0.2) is 4.99 Å². The first kappa shape index (κ1) is 14.7. The molecular formula is C10H7ClF3N3S. The number of hydrogen-bond acceptors (Lipinski definition) is 3. The molecule has 0 radical (unpaired) electrons. The van der Waals surface area contributed by atoms with Crippen molar-refractivity contribution in [1.29, 1.82) is 5.26 Å². The second-order valence-corrected chi connectivity index (χ2v) is 4.14. The van der Waals surface area contributed by atoms with E-state index in [-0.39, 0.29) is 10.9 Å². The molecule has 1 aromatic carbocycles. The lowest BCUT2D eigenvalue weighted by Crippen LogP contribution is -2.11. The maximum absolute atomic E-state index is 12.5. The van der Waals surface area contributed by atoms with Gasteiger partial charge in [-0.2, -0.15) is 22.9 Å². The summed E-state index contributed by atoms with van der Waals surface area (Å²) < 4.78 is 38.1. The Balaban J connectivity index is 3.12. The summed E-state index contributed by atoms with van der Waals surface area (Å²) in [5, 5.41) is 8.66. The molecule has 0 saturated heterocycles. The van der Waals surface area contributed by atoms with E-state index in [1.54, 1.807) is 12.4 Å². The molecule has 8 heteroatoms. The zero-order valence-electron chi connectivity index (χ0n) is 9.07. The third-order valence-corrected chi connectivity index (χ3v) is 2.81. The van der Waals surface area contributed by atoms with Crippen LogP contribution in [0.1, 0.15) is 5.56 Å². The van der Waals surface area contributed by atoms with E-state index in [1.807, 2.05) is 0 Å². The van der Waals surface area contributed by atoms with E-state index in [4.69, 9.17) is 17.0 Å². The van der Waals surface area contributed by atoms with Crippen molar-refractivity contribution in [3.8, 4) is 6.19 Å². The molecule has 0 aliphatic carbocycles. The first-order valence-electron chi connectivity index (χ1n) is 4.54. The van der Waals surface area contributed by atoms with Crippen molar-refractivity contribution in [1.82, 2.24) is 4.42 Å². The normalized spacial score (nSPS) is 12.1. The number of aliphatic imine (C=N–C) groups is 1. The topological polar surface area (TPSA) is 39.4 Å². The van der Waals surface area contributed by atoms with Gasteiger partial charge in [0.05, 0.1) is 11.3 Å². The van der Waals surface area contributed by atoms with Crippen LogP contribution in [0.4, 0.5) is 18.9 Å². The molecule has 1 rings (SSSR count). The fourth-order valence-corrected chi connectivity index (χ4v) is 1.72. The molecule has 0 heterocycles. The number of benzene rings is 1. The lowest BCUT2D eigenvalue weighted by atomic mass is 10.2. The number of alkyl halides is 3. The molecule has 0 spiro atoms. The molecule has 1 aromatic rings. The van der Waals surface area contributed by atoms with Crippen LogP contribution in [0, 0.1) is 11.5 Å². The quantitative estimate of drug-likeness (QED) is 0.258. The van der Waals surface area contributed by atoms with Gasteiger partial charge in [-0.1, -0.05) is 17.8 Å². The Morgan fingerprint density at radius 1 is 1.50 bits per heavy atom. The van der Waals surface area contributed by atoms with Gasteiger partial charge in [0.15, 0.2) is 5.17 Å². The number of amidine groups is 1. The molecule has 0 atom stereocenters. The zero-order chi connectivity index (χ0) is 13.8. The van der Waals surface area contributed by atoms with Crippen LogP contribution in [0.3, 0.4) is 0 Å². The standard InChI is InChI=1S/C10H7ClF3N3S/c1-18-9(17(11)6-15)16-8-4-2-3-7(5-8)10(12,13)14/h2-5H,1H3. The maximum Gasteiger partial charge on any atom is 0.416 e. The first-order chi connectivity index (χ1) is 8.38. The maximum atomic E-state index is 12.5. The lowest BCUT2D eigenvalue weighted by molar-refractivity contribution is -0.137. The van der Waals surface area contributed by atoms with Crippen LogP contribution in [0.15, 0.2) is 29.3 Å². The van der Waals surface area contributed by atoms with E-state index >= 15 is 0 Å². The highest BCUT2D eigenvalue weighted by Crippen LogP contribution is 2.31. The Bertz CT molecular complexity index is 496. The second kappa shape index (κ2) is 5.98. The van der Waals surface area contributed by atoms with Gasteiger partial charge in [-0.05, 0) is 24.5 Å². The van der Waals surface area contributed by atoms with Gasteiger partial charge in [0.2, 0.25) is 6.19 Å². The van der Waals surface area contributed by atoms with E-state index in [1.165, 1.54) is 12.1 Å². The summed E-state index contributed by atoms with van der Waals surface area (Å²) in [4.78, 5) is 3.87. The molecule has 0 fully saturated rings. The molecule has 0 N–H and O–H groups in total. The van der Waals surface area contributed by atoms with E-state index < -0.39 is 11.7 Å². The first-order valence-corrected chi connectivity index (χ1v) is 6.10. The average molecular weight is 294 g/mol. The van der Waals surface area contributed by atoms with Crippen LogP contribution in [-0.4, -0.2) is 15.8 Å². The van der Waals surface area contributed by atoms with Gasteiger partial charge >= 0.3 is 6.18 Å². The highest BCUT2D eigenvalue weighted by molar-refractivity contribution is 8.13. The Kier molecular flexibility index (Phi) is 4.87. The summed E-state index contributed by atoms with van der Waals surface area (Å²) in [7, 11) is 0. The highest BCUT2D eigenvalue weighted by Gasteiger charge is 2.30. The van der Waals surface area contributed by atoms with Gasteiger partial charge < -0.3 is 0 Å². The lowest BCUT2D eigenvalue weighted by Gasteiger charge is -2.09. The summed E-state index contributed by atoms with van der Waals surface area (Å²) in [6.45, 7) is 0. The molecule has 0 aliphatic heterocycles. The molecule has 0 aliphatic rings. The molecule has 0 saturated carbocycles. The summed E-state index contributed by atoms with van der Waals surface area (Å²) >= 11 is 6.56. The summed E-state index contributed by atoms with van der Waals surface area (Å²) in [6, 6.07) is 4.47. The molecule has 18 heavy (non-hydrogen) atoms. The van der Waals surface area contributed by atoms with Gasteiger partial charge in [-0.3, -0.25) is 0 Å². The largest absolute Gasteiger partial charge is 0.416 e. The molecule has 96 valence electrons. The molecule has 3 nitrogen and oxygen atoms in total. The van der Waals surface area contributed by atoms with Crippen molar-refractivity contribution in [2.75, 3.05) is 6.26 Å². The van der Waals surface area contributed by atoms with E-state index in [2.05, 4.69) is 4.99 Å². The van der Waals surface area contributed by atoms with Gasteiger partial charge in [0.1, 0.15) is 0 Å². The Morgan fingerprint density at radius 2 is 2.17 bits per heavy atom. The van der Waals surface area contributed by atoms with Gasteiger partial charge in [-0.15, -0.1) is 0 Å². The smallest absolute Gasteiger partial charge is 0.223 e. The fourth-order valence-electron chi connectivity index (χ4n) is 1.07. The van der Waals surface area contributed by atoms with Crippen LogP contribution in [0.5, 0.6) is 0 Å². The van der Waals surface area contributed by atoms with Crippen molar-refractivity contribution in [2.24, 2.45) is 4.99 Å². The molecule has 0 bridgehead atoms. The number of hydrogen-bond donors (Lipinski definition) is 0. The fraction of sp³-hybridized carbons (Fsp3) is 0.200. The van der Waals surface area contributed by atoms with Crippen molar-refractivity contribution < 1.29 is 13.2 Å². The third-order valence-electron chi connectivity index (χ3n) is 1.84. The van der Waals surface area contributed by atoms with Gasteiger partial charge in [0.25, 0.3) is 0 Å². The minimum absolute atomic E-state index is 0.0788. The van der Waals surface area contributed by atoms with Crippen LogP contribution < -0.4 is 0 Å². The van der Waals surface area contributed by atoms with E-state index in [0.717, 1.165) is 23.9 Å². The molecule has 0 unspecified atom stereocenters. The monoisotopic (exact) mass is 293 g/mol. The van der Waals surface area contributed by atoms with Crippen molar-refractivity contribution in [3.63, 3.8) is 0 Å². The highest BCUT2D eigenvalue weighted by atomic mass is 35.5. The second-order valence-electron chi connectivity index (χ2n) is 3.03. The van der Waals surface area contributed by atoms with Crippen molar-refractivity contribution in [2.45, 2.75) is 6.18 Å². The molecule has 0 aromatic heterocycles. The minimum atomic E-state index is -4.43. The van der Waals surface area contributed by atoms with Crippen molar-refractivity contribution >= 4 is 34.4 Å². The SMILES string of the molecule is CSC(=Nc1cccc(C(F)(F)F)c1)N(Cl)C#N. The van der Waals surface area contributed by atoms with Crippen LogP contribution in [0.25, 0.3) is 0 Å². The zero-order valence-corrected chi connectivity index (χ0v) is 10.6. The van der Waals surface area contributed by atoms with E-state index in [0.29, 0.717) is 4.42 Å². The number of rotatable bonds is 1. The van der Waals surface area contributed by atoms with Crippen LogP contribution >= 0.6 is 23.5 Å². The number of nitriles is 1. The molecular weight excluding hydrogens is 287 g/mol. The average Bonchev–Trinajstić information content (AvgIpc) is 2.34. The predicted octanol–water partition coefficient (Wildman–Crippen LogP) is 3.99. The van der Waals surface area contributed by atoms with Crippen molar-refractivity contribution in [3.05, 3.63) is 29.8 Å². The Morgan fingerprint density at radius 3 is 2.67 bits per heavy atom. The van der Waals surface area contributed by atoms with Crippen LogP contribution in [-0.2, 0) is 6.18 Å². The summed E-state index contributed by atoms with van der Waals surface area (Å²) in [5.74, 6) is 0. The molecule has 0 amide bonds. The van der Waals surface area contributed by atoms with Crippen LogP contribution in [0.2, 0.25) is 0 Å².